The van der Waals surface area contributed by atoms with Crippen LogP contribution in [0, 0.1) is 5.41 Å². The molecule has 0 radical (unpaired) electrons. The molecule has 0 fully saturated rings. The van der Waals surface area contributed by atoms with Crippen LogP contribution in [0.15, 0.2) is 41.8 Å². The van der Waals surface area contributed by atoms with Crippen molar-refractivity contribution in [2.45, 2.75) is 40.2 Å². The normalized spacial score (nSPS) is 14.1. The topological polar surface area (TPSA) is 49.0 Å². The third kappa shape index (κ3) is 5.79. The Balaban J connectivity index is 1.42. The van der Waals surface area contributed by atoms with Crippen LogP contribution in [-0.4, -0.2) is 24.6 Å². The minimum Gasteiger partial charge on any atom is -0.380 e. The van der Waals surface area contributed by atoms with Crippen molar-refractivity contribution in [1.82, 2.24) is 10.3 Å². The molecule has 0 bridgehead atoms. The second-order valence-corrected chi connectivity index (χ2v) is 10.6. The molecule has 0 saturated carbocycles. The number of hydrogen-bond acceptors (Lipinski definition) is 5. The van der Waals surface area contributed by atoms with Gasteiger partial charge in [-0.1, -0.05) is 62.7 Å². The molecule has 0 spiro atoms. The Kier molecular flexibility index (Phi) is 6.85. The molecule has 1 aliphatic rings. The fourth-order valence-electron chi connectivity index (χ4n) is 3.75. The summed E-state index contributed by atoms with van der Waals surface area (Å²) in [7, 11) is 0. The summed E-state index contributed by atoms with van der Waals surface area (Å²) in [6.45, 7) is 10.3. The number of thiazole rings is 1. The Bertz CT molecular complexity index is 1020. The molecule has 1 aliphatic heterocycles. The standard InChI is InChI=1S/C25H31ClN4S/c1-25(2,3)16-29-24-30-22(15-31-24)19-6-4-17(5-7-19)14-28-23-20-11-13-27-12-10-18(20)8-9-21(23)26/h4-9,15,27-28H,10-14,16H2,1-3H3,(H,29,30). The van der Waals surface area contributed by atoms with Crippen LogP contribution in [0.3, 0.4) is 0 Å². The lowest BCUT2D eigenvalue weighted by atomic mass is 9.97. The molecule has 164 valence electrons. The summed E-state index contributed by atoms with van der Waals surface area (Å²) in [5, 5.41) is 14.4. The summed E-state index contributed by atoms with van der Waals surface area (Å²) < 4.78 is 0. The highest BCUT2D eigenvalue weighted by Crippen LogP contribution is 2.31. The zero-order chi connectivity index (χ0) is 21.8. The van der Waals surface area contributed by atoms with E-state index >= 15 is 0 Å². The zero-order valence-corrected chi connectivity index (χ0v) is 20.1. The van der Waals surface area contributed by atoms with Crippen molar-refractivity contribution in [3.05, 3.63) is 63.5 Å². The SMILES string of the molecule is CC(C)(C)CNc1nc(-c2ccc(CNc3c(Cl)ccc4c3CCNCC4)cc2)cs1. The molecule has 4 rings (SSSR count). The second kappa shape index (κ2) is 9.60. The molecule has 0 saturated heterocycles. The highest BCUT2D eigenvalue weighted by molar-refractivity contribution is 7.14. The number of aromatic nitrogens is 1. The van der Waals surface area contributed by atoms with E-state index in [1.165, 1.54) is 16.7 Å². The summed E-state index contributed by atoms with van der Waals surface area (Å²) in [6, 6.07) is 12.8. The van der Waals surface area contributed by atoms with Gasteiger partial charge in [0.2, 0.25) is 0 Å². The first-order valence-electron chi connectivity index (χ1n) is 10.9. The van der Waals surface area contributed by atoms with Crippen LogP contribution in [0.5, 0.6) is 0 Å². The molecule has 3 N–H and O–H groups in total. The molecule has 3 aromatic rings. The quantitative estimate of drug-likeness (QED) is 0.413. The van der Waals surface area contributed by atoms with E-state index in [0.29, 0.717) is 0 Å². The van der Waals surface area contributed by atoms with Gasteiger partial charge in [0.25, 0.3) is 0 Å². The van der Waals surface area contributed by atoms with Crippen molar-refractivity contribution in [1.29, 1.82) is 0 Å². The highest BCUT2D eigenvalue weighted by atomic mass is 35.5. The van der Waals surface area contributed by atoms with Crippen molar-refractivity contribution in [2.75, 3.05) is 30.3 Å². The number of benzene rings is 2. The van der Waals surface area contributed by atoms with Crippen molar-refractivity contribution in [3.63, 3.8) is 0 Å². The minimum absolute atomic E-state index is 0.233. The molecule has 2 aromatic carbocycles. The Morgan fingerprint density at radius 1 is 1.03 bits per heavy atom. The lowest BCUT2D eigenvalue weighted by Crippen LogP contribution is -2.18. The molecule has 6 heteroatoms. The fourth-order valence-corrected chi connectivity index (χ4v) is 4.71. The summed E-state index contributed by atoms with van der Waals surface area (Å²) in [5.41, 5.74) is 7.45. The van der Waals surface area contributed by atoms with Crippen LogP contribution >= 0.6 is 22.9 Å². The van der Waals surface area contributed by atoms with E-state index in [-0.39, 0.29) is 5.41 Å². The van der Waals surface area contributed by atoms with E-state index in [0.717, 1.165) is 66.1 Å². The van der Waals surface area contributed by atoms with Gasteiger partial charge in [-0.05, 0) is 54.1 Å². The monoisotopic (exact) mass is 454 g/mol. The van der Waals surface area contributed by atoms with Crippen LogP contribution in [-0.2, 0) is 19.4 Å². The first-order valence-corrected chi connectivity index (χ1v) is 12.2. The summed E-state index contributed by atoms with van der Waals surface area (Å²) in [5.74, 6) is 0. The molecule has 0 unspecified atom stereocenters. The van der Waals surface area contributed by atoms with Crippen LogP contribution in [0.1, 0.15) is 37.5 Å². The van der Waals surface area contributed by atoms with Crippen LogP contribution in [0.25, 0.3) is 11.3 Å². The van der Waals surface area contributed by atoms with E-state index < -0.39 is 0 Å². The van der Waals surface area contributed by atoms with E-state index in [9.17, 15) is 0 Å². The predicted molar refractivity (Wildman–Crippen MR) is 135 cm³/mol. The minimum atomic E-state index is 0.233. The van der Waals surface area contributed by atoms with Crippen molar-refractivity contribution in [2.24, 2.45) is 5.41 Å². The number of nitrogens with zero attached hydrogens (tertiary/aromatic N) is 1. The summed E-state index contributed by atoms with van der Waals surface area (Å²) in [4.78, 5) is 4.74. The van der Waals surface area contributed by atoms with Gasteiger partial charge in [-0.3, -0.25) is 0 Å². The third-order valence-corrected chi connectivity index (χ3v) is 6.59. The van der Waals surface area contributed by atoms with Gasteiger partial charge < -0.3 is 16.0 Å². The molecular weight excluding hydrogens is 424 g/mol. The maximum atomic E-state index is 6.55. The van der Waals surface area contributed by atoms with E-state index in [1.807, 2.05) is 6.07 Å². The number of nitrogens with one attached hydrogen (secondary N) is 3. The number of hydrogen-bond donors (Lipinski definition) is 3. The maximum Gasteiger partial charge on any atom is 0.183 e. The van der Waals surface area contributed by atoms with Gasteiger partial charge >= 0.3 is 0 Å². The molecule has 0 aliphatic carbocycles. The largest absolute Gasteiger partial charge is 0.380 e. The average molecular weight is 455 g/mol. The van der Waals surface area contributed by atoms with Crippen LogP contribution in [0.4, 0.5) is 10.8 Å². The van der Waals surface area contributed by atoms with Crippen molar-refractivity contribution >= 4 is 33.8 Å². The molecule has 2 heterocycles. The van der Waals surface area contributed by atoms with Gasteiger partial charge in [0, 0.05) is 24.0 Å². The molecule has 1 aromatic heterocycles. The van der Waals surface area contributed by atoms with Gasteiger partial charge in [-0.15, -0.1) is 11.3 Å². The summed E-state index contributed by atoms with van der Waals surface area (Å²) in [6.07, 6.45) is 2.06. The average Bonchev–Trinajstić information content (AvgIpc) is 3.09. The number of rotatable bonds is 6. The summed E-state index contributed by atoms with van der Waals surface area (Å²) >= 11 is 8.20. The Hall–Kier alpha value is -2.08. The van der Waals surface area contributed by atoms with E-state index in [2.05, 4.69) is 72.4 Å². The van der Waals surface area contributed by atoms with Gasteiger partial charge in [-0.25, -0.2) is 4.98 Å². The molecule has 0 amide bonds. The molecule has 4 nitrogen and oxygen atoms in total. The van der Waals surface area contributed by atoms with E-state index in [4.69, 9.17) is 16.6 Å². The van der Waals surface area contributed by atoms with Crippen LogP contribution < -0.4 is 16.0 Å². The zero-order valence-electron chi connectivity index (χ0n) is 18.5. The first-order chi connectivity index (χ1) is 14.9. The van der Waals surface area contributed by atoms with E-state index in [1.54, 1.807) is 11.3 Å². The first kappa shape index (κ1) is 22.1. The Morgan fingerprint density at radius 2 is 1.81 bits per heavy atom. The Labute approximate surface area is 194 Å². The maximum absolute atomic E-state index is 6.55. The lowest BCUT2D eigenvalue weighted by Gasteiger charge is -2.17. The van der Waals surface area contributed by atoms with Gasteiger partial charge in [0.1, 0.15) is 0 Å². The number of anilines is 2. The molecular formula is C25H31ClN4S. The fraction of sp³-hybridized carbons (Fsp3) is 0.400. The number of fused-ring (bicyclic) bond motifs is 1. The van der Waals surface area contributed by atoms with Gasteiger partial charge in [0.05, 0.1) is 16.4 Å². The van der Waals surface area contributed by atoms with Crippen molar-refractivity contribution < 1.29 is 0 Å². The highest BCUT2D eigenvalue weighted by Gasteiger charge is 2.15. The van der Waals surface area contributed by atoms with Crippen LogP contribution in [0.2, 0.25) is 5.02 Å². The molecule has 0 atom stereocenters. The lowest BCUT2D eigenvalue weighted by molar-refractivity contribution is 0.443. The van der Waals surface area contributed by atoms with Crippen molar-refractivity contribution in [3.8, 4) is 11.3 Å². The Morgan fingerprint density at radius 3 is 2.58 bits per heavy atom. The smallest absolute Gasteiger partial charge is 0.183 e. The predicted octanol–water partition coefficient (Wildman–Crippen LogP) is 6.22. The van der Waals surface area contributed by atoms with Gasteiger partial charge in [-0.2, -0.15) is 0 Å². The van der Waals surface area contributed by atoms with Gasteiger partial charge in [0.15, 0.2) is 5.13 Å². The molecule has 31 heavy (non-hydrogen) atoms. The number of halogens is 1. The third-order valence-electron chi connectivity index (χ3n) is 5.48. The second-order valence-electron chi connectivity index (χ2n) is 9.31.